The summed E-state index contributed by atoms with van der Waals surface area (Å²) in [6, 6.07) is 0.997. The highest BCUT2D eigenvalue weighted by atomic mass is 35.5. The summed E-state index contributed by atoms with van der Waals surface area (Å²) >= 11 is 14.4. The average Bonchev–Trinajstić information content (AvgIpc) is 0.768. The molecule has 0 aliphatic carbocycles. The molecule has 7 heterocycles. The van der Waals surface area contributed by atoms with Crippen LogP contribution in [0.3, 0.4) is 0 Å². The maximum atomic E-state index is 16.3. The molecule has 2 fully saturated rings. The number of ether oxygens (including phenoxy) is 8. The Balaban J connectivity index is 1.16. The summed E-state index contributed by atoms with van der Waals surface area (Å²) in [6.45, 7) is 9.07. The maximum Gasteiger partial charge on any atom is 0.248 e. The van der Waals surface area contributed by atoms with Crippen LogP contribution in [-0.4, -0.2) is 227 Å². The molecular formula is C82H109Cl2N11O24. The number of aromatic hydroxyl groups is 3. The van der Waals surface area contributed by atoms with Gasteiger partial charge < -0.3 is 138 Å². The Kier molecular flexibility index (Phi) is 32.7. The van der Waals surface area contributed by atoms with Crippen LogP contribution < -0.4 is 73.5 Å². The second-order valence-electron chi connectivity index (χ2n) is 30.9. The number of hydrogen-bond donors (Lipinski definition) is 19. The molecule has 5 aromatic rings. The minimum Gasteiger partial charge on any atom is -0.508 e. The zero-order valence-corrected chi connectivity index (χ0v) is 68.5. The zero-order valence-electron chi connectivity index (χ0n) is 67.0. The van der Waals surface area contributed by atoms with Crippen LogP contribution in [0.15, 0.2) is 78.9 Å². The molecule has 119 heavy (non-hydrogen) atoms. The van der Waals surface area contributed by atoms with Crippen molar-refractivity contribution in [2.75, 3.05) is 66.3 Å². The molecule has 12 rings (SSSR count). The number of nitrogens with one attached hydrogen (secondary N) is 9. The molecule has 35 nitrogen and oxygen atoms in total. The number of primary amides is 1. The van der Waals surface area contributed by atoms with Crippen molar-refractivity contribution in [3.8, 4) is 57.1 Å². The van der Waals surface area contributed by atoms with Crippen molar-refractivity contribution in [1.82, 2.24) is 47.9 Å². The van der Waals surface area contributed by atoms with Gasteiger partial charge in [-0.15, -0.1) is 0 Å². The Hall–Kier alpha value is -9.28. The molecule has 0 radical (unpaired) electrons. The molecule has 2 saturated heterocycles. The summed E-state index contributed by atoms with van der Waals surface area (Å²) < 4.78 is 50.8. The number of phenolic OH excluding ortho intramolecular Hbond substituents is 3. The van der Waals surface area contributed by atoms with E-state index in [1.807, 2.05) is 20.8 Å². The third kappa shape index (κ3) is 23.1. The summed E-state index contributed by atoms with van der Waals surface area (Å²) in [7, 11) is 1.50. The van der Waals surface area contributed by atoms with Gasteiger partial charge in [0.15, 0.2) is 23.9 Å². The number of rotatable bonds is 31. The molecular weight excluding hydrogens is 1590 g/mol. The number of amides is 8. The summed E-state index contributed by atoms with van der Waals surface area (Å²) in [4.78, 5) is 120. The van der Waals surface area contributed by atoms with E-state index in [9.17, 15) is 55.2 Å². The van der Waals surface area contributed by atoms with E-state index in [1.54, 1.807) is 6.92 Å². The third-order valence-corrected chi connectivity index (χ3v) is 22.0. The van der Waals surface area contributed by atoms with Crippen molar-refractivity contribution >= 4 is 70.5 Å². The Morgan fingerprint density at radius 2 is 1.31 bits per heavy atom. The minimum atomic E-state index is -2.29. The van der Waals surface area contributed by atoms with E-state index in [0.717, 1.165) is 87.1 Å². The first kappa shape index (κ1) is 92.0. The number of halogens is 2. The lowest BCUT2D eigenvalue weighted by Crippen LogP contribution is -2.64. The summed E-state index contributed by atoms with van der Waals surface area (Å²) in [5, 5.41) is 119. The van der Waals surface area contributed by atoms with Crippen LogP contribution in [0.25, 0.3) is 11.1 Å². The Morgan fingerprint density at radius 3 is 1.94 bits per heavy atom. The minimum absolute atomic E-state index is 0.00739. The Bertz CT molecular complexity index is 4420. The number of likely N-dealkylation sites (N-methyl/N-ethyl adjacent to an activating group) is 1. The van der Waals surface area contributed by atoms with Crippen LogP contribution >= 0.6 is 23.2 Å². The first-order valence-electron chi connectivity index (χ1n) is 40.0. The monoisotopic (exact) mass is 1700 g/mol. The summed E-state index contributed by atoms with van der Waals surface area (Å²) in [5.41, 5.74) is 8.13. The van der Waals surface area contributed by atoms with Crippen molar-refractivity contribution in [3.63, 3.8) is 0 Å². The largest absolute Gasteiger partial charge is 0.508 e. The number of phenols is 3. The maximum absolute atomic E-state index is 16.3. The number of hydrogen-bond acceptors (Lipinski definition) is 27. The van der Waals surface area contributed by atoms with Crippen molar-refractivity contribution in [3.05, 3.63) is 117 Å². The molecule has 21 N–H and O–H groups in total. The van der Waals surface area contributed by atoms with E-state index in [4.69, 9.17) is 72.6 Å². The highest BCUT2D eigenvalue weighted by Crippen LogP contribution is 2.50. The second-order valence-corrected chi connectivity index (χ2v) is 31.7. The molecule has 0 aromatic heterocycles. The number of unbranched alkanes of at least 4 members (excludes halogenated alkanes) is 7. The van der Waals surface area contributed by atoms with Gasteiger partial charge in [0, 0.05) is 42.2 Å². The lowest BCUT2D eigenvalue weighted by Gasteiger charge is -2.48. The van der Waals surface area contributed by atoms with E-state index in [-0.39, 0.29) is 108 Å². The standard InChI is InChI=1S/C82H109Cl2N11O24/c1-7-8-9-10-11-12-13-14-22-89-82(5)37-62(115-41(4)74(82)104)119-73-60(39-114-59(38-96)71(73)103)118-72-57-32-45-33-58(72)117-56-20-17-44(31-50(56)84)70(102)68-81(111)93-66(77(107)88-23-25-113-27-26-112-24-21-85)48-34-46(97)35-54(99)63(48)47-29-42(15-18-53(47)98)64(78(108)95-68)92-79(109)65(45)91-76(106)52(36-61(86)100)90-80(110)67(94-75(105)51(87-6)28-40(2)3)69(101)43-16-19-55(116-57)49(83)30-43/h15-20,29-35,40-41,51-52,59-60,62,64-71,73-74,87,89,96-99,101-104H,7-14,21-28,36-39,85H2,1-6H3,(H2,86,100)(H,88,107)(H,90,110)(H,91,106)(H,92,109)(H,93,111)(H,94,105)(H,95,108)/t41-,51+,52-,59+,60-,62?,64+,65+,66-,67+,68-,69+,70?,71-,73+,74+,82-/m0/s1. The molecule has 0 saturated carbocycles. The van der Waals surface area contributed by atoms with Gasteiger partial charge in [0.1, 0.15) is 95.5 Å². The lowest BCUT2D eigenvalue weighted by atomic mass is 9.84. The van der Waals surface area contributed by atoms with E-state index in [2.05, 4.69) is 54.8 Å². The molecule has 37 heteroatoms. The van der Waals surface area contributed by atoms with Gasteiger partial charge in [-0.2, -0.15) is 0 Å². The summed E-state index contributed by atoms with van der Waals surface area (Å²) in [6.07, 6.45) is -5.74. The molecule has 7 aliphatic heterocycles. The Labute approximate surface area is 697 Å². The number of aliphatic hydroxyl groups is 5. The fraction of sp³-hybridized carbons (Fsp3) is 0.537. The number of fused-ring (bicyclic) bond motifs is 15. The number of aliphatic hydroxyl groups excluding tert-OH is 5. The van der Waals surface area contributed by atoms with E-state index in [1.165, 1.54) is 50.2 Å². The predicted molar refractivity (Wildman–Crippen MR) is 431 cm³/mol. The second kappa shape index (κ2) is 42.3. The van der Waals surface area contributed by atoms with Crippen LogP contribution in [0.1, 0.15) is 163 Å². The number of nitrogens with two attached hydrogens (primary N) is 2. The molecule has 0 spiro atoms. The van der Waals surface area contributed by atoms with Gasteiger partial charge in [-0.1, -0.05) is 107 Å². The normalized spacial score (nSPS) is 26.1. The molecule has 650 valence electrons. The molecule has 7 aliphatic rings. The first-order chi connectivity index (χ1) is 56.8. The predicted octanol–water partition coefficient (Wildman–Crippen LogP) is 3.58. The summed E-state index contributed by atoms with van der Waals surface area (Å²) in [5.74, 6) is -14.0. The van der Waals surface area contributed by atoms with Crippen molar-refractivity contribution in [1.29, 1.82) is 0 Å². The van der Waals surface area contributed by atoms with Crippen LogP contribution in [0.5, 0.6) is 46.0 Å². The van der Waals surface area contributed by atoms with Gasteiger partial charge in [-0.25, -0.2) is 0 Å². The number of benzene rings is 5. The van der Waals surface area contributed by atoms with Crippen LogP contribution in [0, 0.1) is 5.92 Å². The highest BCUT2D eigenvalue weighted by molar-refractivity contribution is 6.32. The van der Waals surface area contributed by atoms with Crippen LogP contribution in [-0.2, 0) is 62.0 Å². The van der Waals surface area contributed by atoms with Crippen molar-refractivity contribution in [2.45, 2.75) is 208 Å². The highest BCUT2D eigenvalue weighted by Gasteiger charge is 2.50. The molecule has 8 amide bonds. The van der Waals surface area contributed by atoms with Gasteiger partial charge in [0.05, 0.1) is 74.4 Å². The first-order valence-corrected chi connectivity index (χ1v) is 40.7. The van der Waals surface area contributed by atoms with Crippen molar-refractivity contribution in [2.24, 2.45) is 17.4 Å². The third-order valence-electron chi connectivity index (χ3n) is 21.4. The van der Waals surface area contributed by atoms with Gasteiger partial charge in [0.25, 0.3) is 0 Å². The van der Waals surface area contributed by atoms with Crippen LogP contribution in [0.4, 0.5) is 0 Å². The molecule has 11 bridgehead atoms. The fourth-order valence-electron chi connectivity index (χ4n) is 15.1. The van der Waals surface area contributed by atoms with E-state index in [0.29, 0.717) is 6.54 Å². The van der Waals surface area contributed by atoms with Gasteiger partial charge in [0.2, 0.25) is 53.0 Å². The number of carbonyl (C=O) groups excluding carboxylic acids is 8. The SMILES string of the molecule is CCCCCCCCCCN[C@@]1(C)CC(O[C@H]2[C@@H](O)[C@@H](CO)OC[C@@H]2Oc2c3cc4cc2Oc2ccc(cc2Cl)[C@@H](O)[C@@H](NC(=O)[C@@H](CC(C)C)NC)C(=O)N[C@@H](CC(N)=O)C(=O)N[C@H]4C(=O)N[C@H]2C(=O)N[C@H](C(=O)N[C@H](C(=O)NCCOCCOCCN)c4cc(O)cc(O)c4-c4cc2ccc4O)C(O)c2ccc(c(Cl)c2)O3)O[C@@H](C)[C@H]1O. The molecule has 5 aromatic carbocycles. The molecule has 2 unspecified atom stereocenters. The smallest absolute Gasteiger partial charge is 0.248 e. The Morgan fingerprint density at radius 1 is 0.689 bits per heavy atom. The van der Waals surface area contributed by atoms with Crippen LogP contribution in [0.2, 0.25) is 10.0 Å². The van der Waals surface area contributed by atoms with E-state index < -0.39 is 215 Å². The van der Waals surface area contributed by atoms with Crippen molar-refractivity contribution < 1.29 is 117 Å². The topological polar surface area (TPSA) is 533 Å². The number of carbonyl (C=O) groups is 8. The van der Waals surface area contributed by atoms with Gasteiger partial charge >= 0.3 is 0 Å². The average molecular weight is 1700 g/mol. The lowest BCUT2D eigenvalue weighted by molar-refractivity contribution is -0.296. The fourth-order valence-corrected chi connectivity index (χ4v) is 15.5. The van der Waals surface area contributed by atoms with Gasteiger partial charge in [-0.05, 0) is 129 Å². The van der Waals surface area contributed by atoms with E-state index >= 15 is 24.0 Å². The zero-order chi connectivity index (χ0) is 86.1. The van der Waals surface area contributed by atoms with Gasteiger partial charge in [-0.3, -0.25) is 38.4 Å². The quantitative estimate of drug-likeness (QED) is 0.0282. The molecule has 17 atom stereocenters.